The van der Waals surface area contributed by atoms with Crippen LogP contribution < -0.4 is 0 Å². The molecule has 0 amide bonds. The van der Waals surface area contributed by atoms with Crippen molar-refractivity contribution in [3.63, 3.8) is 0 Å². The van der Waals surface area contributed by atoms with Crippen LogP contribution in [0.3, 0.4) is 0 Å². The molecule has 0 saturated heterocycles. The summed E-state index contributed by atoms with van der Waals surface area (Å²) in [6, 6.07) is 0. The number of aliphatic hydroxyl groups excluding tert-OH is 2. The summed E-state index contributed by atoms with van der Waals surface area (Å²) in [5, 5.41) is 18.3. The molecular formula is C10H22O2Si. The molecule has 2 nitrogen and oxygen atoms in total. The molecule has 0 aliphatic heterocycles. The molecule has 0 saturated carbocycles. The van der Waals surface area contributed by atoms with Gasteiger partial charge in [0.05, 0.1) is 20.8 Å². The van der Waals surface area contributed by atoms with Crippen LogP contribution in [0.15, 0.2) is 11.8 Å². The average molecular weight is 202 g/mol. The number of aliphatic hydroxyl groups is 2. The summed E-state index contributed by atoms with van der Waals surface area (Å²) in [4.78, 5) is 0. The van der Waals surface area contributed by atoms with Gasteiger partial charge >= 0.3 is 0 Å². The Kier molecular flexibility index (Phi) is 4.36. The van der Waals surface area contributed by atoms with Gasteiger partial charge in [0, 0.05) is 5.41 Å². The van der Waals surface area contributed by atoms with Gasteiger partial charge < -0.3 is 10.2 Å². The molecule has 0 heterocycles. The highest BCUT2D eigenvalue weighted by Gasteiger charge is 2.24. The van der Waals surface area contributed by atoms with Crippen LogP contribution in [-0.2, 0) is 0 Å². The lowest BCUT2D eigenvalue weighted by molar-refractivity contribution is 0.0275. The summed E-state index contributed by atoms with van der Waals surface area (Å²) in [6.45, 7) is 10.4. The molecule has 0 aliphatic carbocycles. The molecule has 0 aromatic rings. The molecule has 78 valence electrons. The van der Waals surface area contributed by atoms with Crippen LogP contribution in [0, 0.1) is 5.41 Å². The van der Waals surface area contributed by atoms with Crippen LogP contribution in [0.4, 0.5) is 0 Å². The summed E-state index contributed by atoms with van der Waals surface area (Å²) in [5.74, 6) is 0. The van der Waals surface area contributed by atoms with Gasteiger partial charge in [-0.1, -0.05) is 45.3 Å². The first-order valence-corrected chi connectivity index (χ1v) is 8.26. The van der Waals surface area contributed by atoms with Crippen molar-refractivity contribution in [1.29, 1.82) is 0 Å². The van der Waals surface area contributed by atoms with Gasteiger partial charge in [-0.3, -0.25) is 0 Å². The van der Waals surface area contributed by atoms with Crippen LogP contribution in [0.5, 0.6) is 0 Å². The smallest absolute Gasteiger partial charge is 0.0855 e. The molecule has 13 heavy (non-hydrogen) atoms. The Morgan fingerprint density at radius 2 is 1.77 bits per heavy atom. The Bertz CT molecular complexity index is 180. The van der Waals surface area contributed by atoms with E-state index in [1.807, 2.05) is 19.9 Å². The quantitative estimate of drug-likeness (QED) is 0.683. The van der Waals surface area contributed by atoms with Gasteiger partial charge in [0.2, 0.25) is 0 Å². The third-order valence-corrected chi connectivity index (χ3v) is 3.21. The fourth-order valence-corrected chi connectivity index (χ4v) is 1.74. The zero-order chi connectivity index (χ0) is 10.7. The second kappa shape index (κ2) is 4.40. The van der Waals surface area contributed by atoms with Crippen LogP contribution in [0.1, 0.15) is 13.8 Å². The molecule has 0 spiro atoms. The first-order valence-electron chi connectivity index (χ1n) is 4.68. The van der Waals surface area contributed by atoms with Gasteiger partial charge in [0.15, 0.2) is 0 Å². The van der Waals surface area contributed by atoms with Crippen LogP contribution in [-0.4, -0.2) is 31.0 Å². The van der Waals surface area contributed by atoms with E-state index in [4.69, 9.17) is 5.11 Å². The van der Waals surface area contributed by atoms with Gasteiger partial charge in [0.25, 0.3) is 0 Å². The van der Waals surface area contributed by atoms with Crippen LogP contribution in [0.25, 0.3) is 0 Å². The van der Waals surface area contributed by atoms with Crippen LogP contribution >= 0.6 is 0 Å². The van der Waals surface area contributed by atoms with E-state index in [2.05, 4.69) is 25.3 Å². The second-order valence-electron chi connectivity index (χ2n) is 5.22. The Balaban J connectivity index is 4.41. The van der Waals surface area contributed by atoms with E-state index in [1.165, 1.54) is 0 Å². The normalized spacial score (nSPS) is 16.5. The van der Waals surface area contributed by atoms with E-state index < -0.39 is 14.2 Å². The molecule has 0 bridgehead atoms. The molecule has 0 rings (SSSR count). The molecule has 0 fully saturated rings. The molecule has 1 atom stereocenters. The van der Waals surface area contributed by atoms with E-state index in [-0.39, 0.29) is 12.0 Å². The minimum absolute atomic E-state index is 0.178. The van der Waals surface area contributed by atoms with Crippen molar-refractivity contribution in [2.75, 3.05) is 6.61 Å². The van der Waals surface area contributed by atoms with E-state index in [0.717, 1.165) is 0 Å². The fourth-order valence-electron chi connectivity index (χ4n) is 0.811. The van der Waals surface area contributed by atoms with Crippen molar-refractivity contribution in [3.05, 3.63) is 11.8 Å². The SMILES string of the molecule is CC(C)(/C=C/[Si](C)(C)C)C(O)CO. The van der Waals surface area contributed by atoms with Gasteiger partial charge in [-0.15, -0.1) is 0 Å². The lowest BCUT2D eigenvalue weighted by Gasteiger charge is -2.26. The predicted octanol–water partition coefficient (Wildman–Crippen LogP) is 1.80. The lowest BCUT2D eigenvalue weighted by atomic mass is 9.87. The first kappa shape index (κ1) is 12.9. The first-order chi connectivity index (χ1) is 5.69. The Morgan fingerprint density at radius 1 is 1.31 bits per heavy atom. The third-order valence-electron chi connectivity index (χ3n) is 2.04. The molecule has 2 N–H and O–H groups in total. The second-order valence-corrected chi connectivity index (χ2v) is 10.3. The van der Waals surface area contributed by atoms with Crippen LogP contribution in [0.2, 0.25) is 19.6 Å². The largest absolute Gasteiger partial charge is 0.394 e. The van der Waals surface area contributed by atoms with Gasteiger partial charge in [-0.2, -0.15) is 0 Å². The van der Waals surface area contributed by atoms with E-state index >= 15 is 0 Å². The van der Waals surface area contributed by atoms with Crippen molar-refractivity contribution >= 4 is 8.07 Å². The van der Waals surface area contributed by atoms with Crippen molar-refractivity contribution in [2.45, 2.75) is 39.6 Å². The lowest BCUT2D eigenvalue weighted by Crippen LogP contribution is -2.31. The summed E-state index contributed by atoms with van der Waals surface area (Å²) in [6.07, 6.45) is 1.36. The summed E-state index contributed by atoms with van der Waals surface area (Å²) in [7, 11) is -1.20. The highest BCUT2D eigenvalue weighted by molar-refractivity contribution is 6.80. The highest BCUT2D eigenvalue weighted by Crippen LogP contribution is 2.23. The number of rotatable bonds is 4. The Hall–Kier alpha value is -0.123. The fraction of sp³-hybridized carbons (Fsp3) is 0.800. The molecule has 3 heteroatoms. The summed E-state index contributed by atoms with van der Waals surface area (Å²) < 4.78 is 0. The zero-order valence-corrected chi connectivity index (χ0v) is 10.3. The summed E-state index contributed by atoms with van der Waals surface area (Å²) in [5.41, 5.74) is 1.88. The van der Waals surface area contributed by atoms with Crippen molar-refractivity contribution in [3.8, 4) is 0 Å². The Morgan fingerprint density at radius 3 is 2.08 bits per heavy atom. The van der Waals surface area contributed by atoms with E-state index in [9.17, 15) is 5.11 Å². The molecule has 0 aromatic carbocycles. The highest BCUT2D eigenvalue weighted by atomic mass is 28.3. The molecule has 1 unspecified atom stereocenters. The minimum atomic E-state index is -1.20. The molecule has 0 aliphatic rings. The summed E-state index contributed by atoms with van der Waals surface area (Å²) >= 11 is 0. The molecular weight excluding hydrogens is 180 g/mol. The maximum atomic E-state index is 9.50. The Labute approximate surface area is 82.3 Å². The predicted molar refractivity (Wildman–Crippen MR) is 59.4 cm³/mol. The van der Waals surface area contributed by atoms with Gasteiger partial charge in [-0.25, -0.2) is 0 Å². The maximum absolute atomic E-state index is 9.50. The minimum Gasteiger partial charge on any atom is -0.394 e. The van der Waals surface area contributed by atoms with Crippen molar-refractivity contribution in [1.82, 2.24) is 0 Å². The zero-order valence-electron chi connectivity index (χ0n) is 9.33. The van der Waals surface area contributed by atoms with Crippen molar-refractivity contribution < 1.29 is 10.2 Å². The maximum Gasteiger partial charge on any atom is 0.0855 e. The number of hydrogen-bond acceptors (Lipinski definition) is 2. The number of hydrogen-bond donors (Lipinski definition) is 2. The standard InChI is InChI=1S/C10H22O2Si/c1-10(2,9(12)8-11)6-7-13(3,4)5/h6-7,9,11-12H,8H2,1-5H3/b7-6+. The molecule has 0 aromatic heterocycles. The monoisotopic (exact) mass is 202 g/mol. The average Bonchev–Trinajstić information content (AvgIpc) is 1.98. The van der Waals surface area contributed by atoms with Gasteiger partial charge in [0.1, 0.15) is 0 Å². The van der Waals surface area contributed by atoms with Crippen molar-refractivity contribution in [2.24, 2.45) is 5.41 Å². The van der Waals surface area contributed by atoms with E-state index in [0.29, 0.717) is 0 Å². The topological polar surface area (TPSA) is 40.5 Å². The third kappa shape index (κ3) is 5.24. The van der Waals surface area contributed by atoms with Gasteiger partial charge in [-0.05, 0) is 0 Å². The van der Waals surface area contributed by atoms with E-state index in [1.54, 1.807) is 0 Å². The molecule has 0 radical (unpaired) electrons.